The minimum atomic E-state index is 0.619. The zero-order chi connectivity index (χ0) is 12.5. The number of aryl methyl sites for hydroxylation is 1. The molecule has 0 aromatic carbocycles. The third-order valence-electron chi connectivity index (χ3n) is 3.68. The molecule has 1 aromatic heterocycles. The smallest absolute Gasteiger partial charge is 0.218 e. The van der Waals surface area contributed by atoms with Crippen molar-refractivity contribution < 1.29 is 4.74 Å². The molecule has 1 heterocycles. The van der Waals surface area contributed by atoms with E-state index in [0.29, 0.717) is 18.5 Å². The molecule has 0 atom stereocenters. The van der Waals surface area contributed by atoms with E-state index in [1.54, 1.807) is 0 Å². The van der Waals surface area contributed by atoms with Crippen LogP contribution >= 0.6 is 0 Å². The van der Waals surface area contributed by atoms with Crippen LogP contribution in [0, 0.1) is 18.8 Å². The van der Waals surface area contributed by atoms with E-state index in [9.17, 15) is 0 Å². The van der Waals surface area contributed by atoms with Crippen molar-refractivity contribution in [2.45, 2.75) is 45.6 Å². The summed E-state index contributed by atoms with van der Waals surface area (Å²) >= 11 is 0. The van der Waals surface area contributed by atoms with Crippen molar-refractivity contribution in [3.63, 3.8) is 0 Å². The van der Waals surface area contributed by atoms with Gasteiger partial charge in [0.1, 0.15) is 11.6 Å². The second-order valence-electron chi connectivity index (χ2n) is 5.42. The molecule has 98 valence electrons. The number of hydrogen-bond acceptors (Lipinski definition) is 4. The molecule has 4 nitrogen and oxygen atoms in total. The van der Waals surface area contributed by atoms with Gasteiger partial charge in [-0.05, 0) is 51.4 Å². The highest BCUT2D eigenvalue weighted by Gasteiger charge is 2.41. The number of rotatable bonds is 6. The summed E-state index contributed by atoms with van der Waals surface area (Å²) in [5.41, 5.74) is 0. The highest BCUT2D eigenvalue weighted by atomic mass is 16.5. The summed E-state index contributed by atoms with van der Waals surface area (Å²) in [5, 5.41) is 3.61. The van der Waals surface area contributed by atoms with Gasteiger partial charge in [-0.2, -0.15) is 4.98 Å². The monoisotopic (exact) mass is 247 g/mol. The summed E-state index contributed by atoms with van der Waals surface area (Å²) in [6.07, 6.45) is 5.49. The van der Waals surface area contributed by atoms with E-state index in [4.69, 9.17) is 4.74 Å². The summed E-state index contributed by atoms with van der Waals surface area (Å²) in [4.78, 5) is 8.75. The van der Waals surface area contributed by atoms with Crippen molar-refractivity contribution in [1.82, 2.24) is 9.97 Å². The average molecular weight is 247 g/mol. The predicted octanol–water partition coefficient (Wildman–Crippen LogP) is 2.78. The molecule has 3 rings (SSSR count). The van der Waals surface area contributed by atoms with Crippen LogP contribution in [0.2, 0.25) is 0 Å². The molecule has 1 N–H and O–H groups in total. The molecule has 0 aliphatic heterocycles. The van der Waals surface area contributed by atoms with Gasteiger partial charge in [-0.1, -0.05) is 0 Å². The van der Waals surface area contributed by atoms with Gasteiger partial charge >= 0.3 is 0 Å². The first-order valence-electron chi connectivity index (χ1n) is 7.01. The second kappa shape index (κ2) is 4.75. The van der Waals surface area contributed by atoms with E-state index in [-0.39, 0.29) is 0 Å². The number of ether oxygens (including phenoxy) is 1. The lowest BCUT2D eigenvalue weighted by Gasteiger charge is -2.18. The van der Waals surface area contributed by atoms with E-state index in [1.165, 1.54) is 25.7 Å². The molecule has 0 unspecified atom stereocenters. The quantitative estimate of drug-likeness (QED) is 0.839. The van der Waals surface area contributed by atoms with E-state index >= 15 is 0 Å². The first kappa shape index (κ1) is 11.8. The Hall–Kier alpha value is -1.32. The number of nitrogens with zero attached hydrogens (tertiary/aromatic N) is 2. The van der Waals surface area contributed by atoms with Crippen LogP contribution in [0.1, 0.15) is 38.4 Å². The highest BCUT2D eigenvalue weighted by Crippen LogP contribution is 2.45. The molecular weight excluding hydrogens is 226 g/mol. The van der Waals surface area contributed by atoms with Gasteiger partial charge in [0.05, 0.1) is 6.61 Å². The number of anilines is 1. The number of aromatic nitrogens is 2. The van der Waals surface area contributed by atoms with Crippen molar-refractivity contribution >= 4 is 5.82 Å². The molecule has 2 saturated carbocycles. The van der Waals surface area contributed by atoms with E-state index in [2.05, 4.69) is 15.3 Å². The first-order valence-corrected chi connectivity index (χ1v) is 7.01. The average Bonchev–Trinajstić information content (AvgIpc) is 3.18. The summed E-state index contributed by atoms with van der Waals surface area (Å²) in [6, 6.07) is 2.54. The zero-order valence-corrected chi connectivity index (χ0v) is 11.1. The normalized spacial score (nSPS) is 19.1. The fourth-order valence-corrected chi connectivity index (χ4v) is 2.54. The standard InChI is InChI=1S/C14H21N3O/c1-3-18-13-8-12(15-9(2)16-13)17-14(10-4-5-10)11-6-7-11/h8,10-11,14H,3-7H2,1-2H3,(H,15,16,17). The molecule has 1 aromatic rings. The van der Waals surface area contributed by atoms with Crippen molar-refractivity contribution in [1.29, 1.82) is 0 Å². The van der Waals surface area contributed by atoms with Crippen LogP contribution in [0.15, 0.2) is 6.07 Å². The minimum absolute atomic E-state index is 0.619. The maximum absolute atomic E-state index is 5.47. The maximum atomic E-state index is 5.47. The van der Waals surface area contributed by atoms with E-state index < -0.39 is 0 Å². The van der Waals surface area contributed by atoms with Gasteiger partial charge in [0.15, 0.2) is 0 Å². The molecule has 0 radical (unpaired) electrons. The van der Waals surface area contributed by atoms with Crippen LogP contribution in [0.25, 0.3) is 0 Å². The fraction of sp³-hybridized carbons (Fsp3) is 0.714. The Bertz CT molecular complexity index is 415. The summed E-state index contributed by atoms with van der Waals surface area (Å²) in [5.74, 6) is 4.10. The van der Waals surface area contributed by atoms with E-state index in [0.717, 1.165) is 23.5 Å². The van der Waals surface area contributed by atoms with Crippen LogP contribution in [0.4, 0.5) is 5.82 Å². The summed E-state index contributed by atoms with van der Waals surface area (Å²) in [6.45, 7) is 4.53. The third kappa shape index (κ3) is 2.74. The first-order chi connectivity index (χ1) is 8.76. The lowest BCUT2D eigenvalue weighted by Crippen LogP contribution is -2.25. The molecule has 0 spiro atoms. The van der Waals surface area contributed by atoms with Gasteiger partial charge in [0.2, 0.25) is 5.88 Å². The van der Waals surface area contributed by atoms with E-state index in [1.807, 2.05) is 19.9 Å². The molecule has 18 heavy (non-hydrogen) atoms. The largest absolute Gasteiger partial charge is 0.478 e. The lowest BCUT2D eigenvalue weighted by molar-refractivity contribution is 0.325. The second-order valence-corrected chi connectivity index (χ2v) is 5.42. The minimum Gasteiger partial charge on any atom is -0.478 e. The SMILES string of the molecule is CCOc1cc(NC(C2CC2)C2CC2)nc(C)n1. The number of nitrogens with one attached hydrogen (secondary N) is 1. The maximum Gasteiger partial charge on any atom is 0.218 e. The van der Waals surface area contributed by atoms with Crippen LogP contribution < -0.4 is 10.1 Å². The van der Waals surface area contributed by atoms with Crippen LogP contribution in [0.3, 0.4) is 0 Å². The molecule has 0 bridgehead atoms. The van der Waals surface area contributed by atoms with Crippen molar-refractivity contribution in [3.8, 4) is 5.88 Å². The lowest BCUT2D eigenvalue weighted by atomic mass is 10.1. The summed E-state index contributed by atoms with van der Waals surface area (Å²) in [7, 11) is 0. The van der Waals surface area contributed by atoms with Gasteiger partial charge in [-0.15, -0.1) is 0 Å². The van der Waals surface area contributed by atoms with Gasteiger partial charge < -0.3 is 10.1 Å². The van der Waals surface area contributed by atoms with Crippen LogP contribution in [-0.4, -0.2) is 22.6 Å². The van der Waals surface area contributed by atoms with Gasteiger partial charge in [-0.3, -0.25) is 0 Å². The predicted molar refractivity (Wildman–Crippen MR) is 70.8 cm³/mol. The van der Waals surface area contributed by atoms with Crippen LogP contribution in [0.5, 0.6) is 5.88 Å². The molecule has 2 fully saturated rings. The molecule has 2 aliphatic carbocycles. The summed E-state index contributed by atoms with van der Waals surface area (Å²) < 4.78 is 5.47. The Kier molecular flexibility index (Phi) is 3.10. The van der Waals surface area contributed by atoms with Crippen molar-refractivity contribution in [2.24, 2.45) is 11.8 Å². The van der Waals surface area contributed by atoms with Gasteiger partial charge in [-0.25, -0.2) is 4.98 Å². The Labute approximate surface area is 108 Å². The fourth-order valence-electron chi connectivity index (χ4n) is 2.54. The Morgan fingerprint density at radius 2 is 1.94 bits per heavy atom. The third-order valence-corrected chi connectivity index (χ3v) is 3.68. The van der Waals surface area contributed by atoms with Crippen molar-refractivity contribution in [3.05, 3.63) is 11.9 Å². The Balaban J connectivity index is 1.73. The Morgan fingerprint density at radius 1 is 1.28 bits per heavy atom. The zero-order valence-electron chi connectivity index (χ0n) is 11.1. The highest BCUT2D eigenvalue weighted by molar-refractivity contribution is 5.40. The molecule has 2 aliphatic rings. The van der Waals surface area contributed by atoms with Crippen molar-refractivity contribution in [2.75, 3.05) is 11.9 Å². The van der Waals surface area contributed by atoms with Crippen LogP contribution in [-0.2, 0) is 0 Å². The topological polar surface area (TPSA) is 47.0 Å². The van der Waals surface area contributed by atoms with Gasteiger partial charge in [0, 0.05) is 12.1 Å². The van der Waals surface area contributed by atoms with Gasteiger partial charge in [0.25, 0.3) is 0 Å². The molecule has 0 saturated heterocycles. The molecule has 0 amide bonds. The molecule has 4 heteroatoms. The molecular formula is C14H21N3O. The Morgan fingerprint density at radius 3 is 2.50 bits per heavy atom. The number of hydrogen-bond donors (Lipinski definition) is 1.